The molecule has 0 spiro atoms. The van der Waals surface area contributed by atoms with Crippen LogP contribution >= 0.6 is 0 Å². The molecule has 0 bridgehead atoms. The van der Waals surface area contributed by atoms with E-state index < -0.39 is 46.8 Å². The molecule has 44 heavy (non-hydrogen) atoms. The first-order valence-electron chi connectivity index (χ1n) is 14.2. The Kier molecular flexibility index (Phi) is 9.30. The highest BCUT2D eigenvalue weighted by molar-refractivity contribution is 6.13. The van der Waals surface area contributed by atoms with E-state index >= 15 is 0 Å². The molecule has 0 radical (unpaired) electrons. The number of nitrogens with zero attached hydrogens (tertiary/aromatic N) is 4. The zero-order chi connectivity index (χ0) is 32.3. The van der Waals surface area contributed by atoms with Crippen molar-refractivity contribution in [1.82, 2.24) is 25.5 Å². The Morgan fingerprint density at radius 3 is 2.45 bits per heavy atom. The number of halogens is 3. The molecule has 1 fully saturated rings. The Morgan fingerprint density at radius 2 is 1.80 bits per heavy atom. The molecule has 1 saturated heterocycles. The Morgan fingerprint density at radius 1 is 1.09 bits per heavy atom. The van der Waals surface area contributed by atoms with Crippen LogP contribution in [0.25, 0.3) is 0 Å². The fourth-order valence-corrected chi connectivity index (χ4v) is 5.62. The van der Waals surface area contributed by atoms with Crippen LogP contribution in [-0.2, 0) is 33.4 Å². The average Bonchev–Trinajstić information content (AvgIpc) is 3.20. The number of hydrogen-bond acceptors (Lipinski definition) is 6. The van der Waals surface area contributed by atoms with Gasteiger partial charge in [-0.05, 0) is 57.2 Å². The highest BCUT2D eigenvalue weighted by Crippen LogP contribution is 2.38. The van der Waals surface area contributed by atoms with Crippen LogP contribution in [0.5, 0.6) is 0 Å². The Labute approximate surface area is 252 Å². The molecule has 1 aromatic carbocycles. The molecule has 1 unspecified atom stereocenters. The summed E-state index contributed by atoms with van der Waals surface area (Å²) in [5, 5.41) is 19.7. The van der Waals surface area contributed by atoms with Crippen molar-refractivity contribution in [3.05, 3.63) is 65.5 Å². The fraction of sp³-hybridized carbons (Fsp3) is 0.467. The van der Waals surface area contributed by atoms with Crippen molar-refractivity contribution in [1.29, 1.82) is 0 Å². The highest BCUT2D eigenvalue weighted by Gasteiger charge is 2.54. The molecule has 0 aliphatic carbocycles. The third-order valence-corrected chi connectivity index (χ3v) is 7.88. The molecule has 2 aliphatic heterocycles. The number of benzene rings is 1. The molecule has 11 nitrogen and oxygen atoms in total. The number of fused-ring (bicyclic) bond motifs is 1. The van der Waals surface area contributed by atoms with Crippen molar-refractivity contribution in [2.24, 2.45) is 10.5 Å². The SMILES string of the molecule is CN1N=C2CCN(C(=O)C(CCCc3cccc(C(F)(F)F)n3)NC(=O)C(C)(C)NC(=O)O)C[C@@]2(Cc2ccccc2)C1=O. The molecular formula is C30H35F3N6O5. The molecule has 14 heteroatoms. The minimum absolute atomic E-state index is 0.0149. The average molecular weight is 617 g/mol. The van der Waals surface area contributed by atoms with E-state index in [2.05, 4.69) is 20.7 Å². The Bertz CT molecular complexity index is 1450. The normalized spacial score (nSPS) is 19.2. The first-order chi connectivity index (χ1) is 20.6. The minimum atomic E-state index is -4.61. The summed E-state index contributed by atoms with van der Waals surface area (Å²) in [7, 11) is 1.56. The van der Waals surface area contributed by atoms with Gasteiger partial charge >= 0.3 is 12.3 Å². The lowest BCUT2D eigenvalue weighted by Crippen LogP contribution is -2.61. The maximum Gasteiger partial charge on any atom is 0.433 e. The third kappa shape index (κ3) is 7.17. The number of aryl methyl sites for hydroxylation is 1. The number of nitrogens with one attached hydrogen (secondary N) is 2. The largest absolute Gasteiger partial charge is 0.465 e. The van der Waals surface area contributed by atoms with Crippen LogP contribution in [-0.4, -0.2) is 81.2 Å². The molecule has 2 atom stereocenters. The summed E-state index contributed by atoms with van der Waals surface area (Å²) >= 11 is 0. The van der Waals surface area contributed by atoms with E-state index in [1.165, 1.54) is 35.9 Å². The number of aromatic nitrogens is 1. The first kappa shape index (κ1) is 32.4. The molecule has 3 N–H and O–H groups in total. The summed E-state index contributed by atoms with van der Waals surface area (Å²) in [6, 6.07) is 11.8. The number of hydrazone groups is 1. The van der Waals surface area contributed by atoms with Gasteiger partial charge in [0.15, 0.2) is 0 Å². The fourth-order valence-electron chi connectivity index (χ4n) is 5.62. The van der Waals surface area contributed by atoms with E-state index in [-0.39, 0.29) is 44.0 Å². The van der Waals surface area contributed by atoms with Gasteiger partial charge in [-0.2, -0.15) is 18.3 Å². The zero-order valence-electron chi connectivity index (χ0n) is 24.6. The maximum absolute atomic E-state index is 14.0. The minimum Gasteiger partial charge on any atom is -0.465 e. The second-order valence-electron chi connectivity index (χ2n) is 11.6. The van der Waals surface area contributed by atoms with Crippen molar-refractivity contribution in [2.75, 3.05) is 20.1 Å². The monoisotopic (exact) mass is 616 g/mol. The molecule has 236 valence electrons. The van der Waals surface area contributed by atoms with E-state index in [9.17, 15) is 37.5 Å². The van der Waals surface area contributed by atoms with Gasteiger partial charge in [-0.15, -0.1) is 0 Å². The van der Waals surface area contributed by atoms with Gasteiger partial charge in [0.25, 0.3) is 5.91 Å². The van der Waals surface area contributed by atoms with E-state index in [0.29, 0.717) is 18.6 Å². The molecule has 4 rings (SSSR count). The molecule has 2 aromatic rings. The standard InChI is InChI=1S/C30H35F3N6O5/c1-28(2,36-27(43)44)25(41)35-21(13-7-11-20-12-8-14-23(34-20)30(31,32)33)24(40)39-16-15-22-29(18-39,26(42)38(3)37-22)17-19-9-5-4-6-10-19/h4-6,8-10,12,14,21,36H,7,11,13,15-18H2,1-3H3,(H,35,41)(H,43,44)/t21?,29-/m1/s1. The molecule has 0 saturated carbocycles. The predicted molar refractivity (Wildman–Crippen MR) is 153 cm³/mol. The maximum atomic E-state index is 14.0. The van der Waals surface area contributed by atoms with Crippen LogP contribution in [0.2, 0.25) is 0 Å². The number of carbonyl (C=O) groups is 4. The lowest BCUT2D eigenvalue weighted by Gasteiger charge is -2.41. The number of likely N-dealkylation sites (tertiary alicyclic amines) is 1. The zero-order valence-corrected chi connectivity index (χ0v) is 24.6. The summed E-state index contributed by atoms with van der Waals surface area (Å²) in [5.41, 5.74) is -1.99. The van der Waals surface area contributed by atoms with Gasteiger partial charge in [0.1, 0.15) is 22.7 Å². The van der Waals surface area contributed by atoms with Gasteiger partial charge in [-0.3, -0.25) is 14.4 Å². The van der Waals surface area contributed by atoms with Crippen molar-refractivity contribution >= 4 is 29.5 Å². The molecule has 3 heterocycles. The van der Waals surface area contributed by atoms with Crippen LogP contribution in [0.4, 0.5) is 18.0 Å². The van der Waals surface area contributed by atoms with Crippen molar-refractivity contribution in [3.8, 4) is 0 Å². The highest BCUT2D eigenvalue weighted by atomic mass is 19.4. The Balaban J connectivity index is 1.56. The predicted octanol–water partition coefficient (Wildman–Crippen LogP) is 3.24. The number of rotatable bonds is 10. The first-order valence-corrected chi connectivity index (χ1v) is 14.2. The number of carboxylic acid groups (broad SMARTS) is 1. The lowest BCUT2D eigenvalue weighted by molar-refractivity contribution is -0.143. The summed E-state index contributed by atoms with van der Waals surface area (Å²) in [4.78, 5) is 57.1. The quantitative estimate of drug-likeness (QED) is 0.374. The summed E-state index contributed by atoms with van der Waals surface area (Å²) in [5.74, 6) is -1.50. The van der Waals surface area contributed by atoms with Gasteiger partial charge < -0.3 is 20.6 Å². The molecule has 1 aromatic heterocycles. The van der Waals surface area contributed by atoms with Crippen molar-refractivity contribution in [2.45, 2.75) is 63.7 Å². The van der Waals surface area contributed by atoms with Gasteiger partial charge in [0.2, 0.25) is 11.8 Å². The van der Waals surface area contributed by atoms with Crippen LogP contribution < -0.4 is 10.6 Å². The number of pyridine rings is 1. The van der Waals surface area contributed by atoms with Crippen molar-refractivity contribution < 1.29 is 37.5 Å². The lowest BCUT2D eigenvalue weighted by atomic mass is 9.73. The topological polar surface area (TPSA) is 144 Å². The van der Waals surface area contributed by atoms with Gasteiger partial charge in [-0.25, -0.2) is 14.8 Å². The van der Waals surface area contributed by atoms with Crippen molar-refractivity contribution in [3.63, 3.8) is 0 Å². The van der Waals surface area contributed by atoms with E-state index in [1.54, 1.807) is 7.05 Å². The number of alkyl halides is 3. The second kappa shape index (κ2) is 12.6. The number of hydrogen-bond donors (Lipinski definition) is 3. The van der Waals surface area contributed by atoms with Gasteiger partial charge in [0.05, 0.1) is 5.71 Å². The van der Waals surface area contributed by atoms with Crippen LogP contribution in [0.1, 0.15) is 50.1 Å². The Hall–Kier alpha value is -4.49. The summed E-state index contributed by atoms with van der Waals surface area (Å²) < 4.78 is 39.4. The van der Waals surface area contributed by atoms with E-state index in [0.717, 1.165) is 11.6 Å². The summed E-state index contributed by atoms with van der Waals surface area (Å²) in [6.07, 6.45) is -5.08. The van der Waals surface area contributed by atoms with E-state index in [1.807, 2.05) is 30.3 Å². The number of amides is 4. The third-order valence-electron chi connectivity index (χ3n) is 7.88. The number of piperidine rings is 1. The van der Waals surface area contributed by atoms with Gasteiger partial charge in [0, 0.05) is 32.3 Å². The smallest absolute Gasteiger partial charge is 0.433 e. The van der Waals surface area contributed by atoms with Crippen LogP contribution in [0.15, 0.2) is 53.6 Å². The molecule has 2 aliphatic rings. The van der Waals surface area contributed by atoms with Crippen LogP contribution in [0, 0.1) is 5.41 Å². The molecular weight excluding hydrogens is 581 g/mol. The molecule has 4 amide bonds. The number of carbonyl (C=O) groups excluding carboxylic acids is 3. The van der Waals surface area contributed by atoms with E-state index in [4.69, 9.17) is 0 Å². The second-order valence-corrected chi connectivity index (χ2v) is 11.6. The van der Waals surface area contributed by atoms with Crippen LogP contribution in [0.3, 0.4) is 0 Å². The van der Waals surface area contributed by atoms with Gasteiger partial charge in [-0.1, -0.05) is 36.4 Å². The summed E-state index contributed by atoms with van der Waals surface area (Å²) in [6.45, 7) is 2.93.